The van der Waals surface area contributed by atoms with Crippen LogP contribution in [0.25, 0.3) is 0 Å². The third-order valence-electron chi connectivity index (χ3n) is 1.96. The van der Waals surface area contributed by atoms with Crippen LogP contribution in [0.3, 0.4) is 0 Å². The minimum atomic E-state index is -4.36. The van der Waals surface area contributed by atoms with Crippen molar-refractivity contribution >= 4 is 11.6 Å². The van der Waals surface area contributed by atoms with Gasteiger partial charge in [0.15, 0.2) is 6.61 Å². The molecular formula is C11H13ClF3NO. The molecule has 0 bridgehead atoms. The van der Waals surface area contributed by atoms with Crippen LogP contribution in [0.5, 0.6) is 5.75 Å². The van der Waals surface area contributed by atoms with Crippen molar-refractivity contribution in [2.24, 2.45) is 5.73 Å². The molecule has 1 aromatic rings. The second-order valence-electron chi connectivity index (χ2n) is 3.84. The summed E-state index contributed by atoms with van der Waals surface area (Å²) in [6.07, 6.45) is -3.95. The predicted octanol–water partition coefficient (Wildman–Crippen LogP) is 3.17. The van der Waals surface area contributed by atoms with Crippen LogP contribution in [0.4, 0.5) is 13.2 Å². The lowest BCUT2D eigenvalue weighted by Gasteiger charge is -2.14. The Balaban J connectivity index is 2.82. The Morgan fingerprint density at radius 1 is 1.41 bits per heavy atom. The van der Waals surface area contributed by atoms with E-state index < -0.39 is 12.8 Å². The fourth-order valence-corrected chi connectivity index (χ4v) is 1.55. The lowest BCUT2D eigenvalue weighted by Crippen LogP contribution is -2.21. The van der Waals surface area contributed by atoms with Crippen LogP contribution in [0.1, 0.15) is 12.5 Å². The van der Waals surface area contributed by atoms with E-state index in [-0.39, 0.29) is 11.8 Å². The Bertz CT molecular complexity index is 379. The van der Waals surface area contributed by atoms with Crippen molar-refractivity contribution in [2.45, 2.75) is 25.6 Å². The van der Waals surface area contributed by atoms with E-state index in [1.165, 1.54) is 12.1 Å². The van der Waals surface area contributed by atoms with Gasteiger partial charge >= 0.3 is 6.18 Å². The molecule has 0 spiro atoms. The zero-order valence-corrected chi connectivity index (χ0v) is 9.98. The van der Waals surface area contributed by atoms with Crippen LogP contribution in [0.15, 0.2) is 18.2 Å². The Kier molecular flexibility index (Phi) is 4.65. The minimum Gasteiger partial charge on any atom is -0.484 e. The quantitative estimate of drug-likeness (QED) is 0.909. The molecule has 0 radical (unpaired) electrons. The number of alkyl halides is 3. The van der Waals surface area contributed by atoms with Crippen LogP contribution in [-0.2, 0) is 6.42 Å². The maximum absolute atomic E-state index is 12.0. The van der Waals surface area contributed by atoms with Crippen molar-refractivity contribution < 1.29 is 17.9 Å². The Morgan fingerprint density at radius 2 is 2.06 bits per heavy atom. The average Bonchev–Trinajstić information content (AvgIpc) is 2.14. The summed E-state index contributed by atoms with van der Waals surface area (Å²) in [6, 6.07) is 4.29. The molecule has 17 heavy (non-hydrogen) atoms. The molecule has 0 aliphatic rings. The number of ether oxygens (including phenoxy) is 1. The molecule has 0 fully saturated rings. The van der Waals surface area contributed by atoms with Crippen LogP contribution in [0.2, 0.25) is 5.02 Å². The first-order valence-corrected chi connectivity index (χ1v) is 5.39. The highest BCUT2D eigenvalue weighted by molar-refractivity contribution is 6.30. The van der Waals surface area contributed by atoms with Crippen molar-refractivity contribution in [1.29, 1.82) is 0 Å². The highest BCUT2D eigenvalue weighted by Gasteiger charge is 2.28. The van der Waals surface area contributed by atoms with E-state index in [2.05, 4.69) is 0 Å². The van der Waals surface area contributed by atoms with Gasteiger partial charge in [0.25, 0.3) is 0 Å². The number of rotatable bonds is 4. The lowest BCUT2D eigenvalue weighted by molar-refractivity contribution is -0.153. The van der Waals surface area contributed by atoms with Gasteiger partial charge in [0.05, 0.1) is 0 Å². The van der Waals surface area contributed by atoms with Gasteiger partial charge in [-0.05, 0) is 37.1 Å². The topological polar surface area (TPSA) is 35.2 Å². The first-order valence-electron chi connectivity index (χ1n) is 5.01. The van der Waals surface area contributed by atoms with Crippen molar-refractivity contribution in [3.05, 3.63) is 28.8 Å². The van der Waals surface area contributed by atoms with E-state index in [1.807, 2.05) is 0 Å². The van der Waals surface area contributed by atoms with E-state index in [9.17, 15) is 13.2 Å². The summed E-state index contributed by atoms with van der Waals surface area (Å²) in [4.78, 5) is 0. The molecule has 6 heteroatoms. The zero-order valence-electron chi connectivity index (χ0n) is 9.22. The molecule has 0 aromatic heterocycles. The van der Waals surface area contributed by atoms with Gasteiger partial charge in [0.1, 0.15) is 5.75 Å². The number of halogens is 4. The number of hydrogen-bond donors (Lipinski definition) is 1. The largest absolute Gasteiger partial charge is 0.484 e. The van der Waals surface area contributed by atoms with Gasteiger partial charge in [0, 0.05) is 11.1 Å². The van der Waals surface area contributed by atoms with Gasteiger partial charge < -0.3 is 10.5 Å². The maximum Gasteiger partial charge on any atom is 0.422 e. The summed E-state index contributed by atoms with van der Waals surface area (Å²) in [5, 5.41) is 0.444. The van der Waals surface area contributed by atoms with E-state index >= 15 is 0 Å². The number of nitrogens with two attached hydrogens (primary N) is 1. The summed E-state index contributed by atoms with van der Waals surface area (Å²) in [7, 11) is 0. The van der Waals surface area contributed by atoms with Gasteiger partial charge in [-0.25, -0.2) is 0 Å². The fraction of sp³-hybridized carbons (Fsp3) is 0.455. The van der Waals surface area contributed by atoms with E-state index in [0.29, 0.717) is 17.0 Å². The molecule has 1 aromatic carbocycles. The molecule has 96 valence electrons. The third kappa shape index (κ3) is 5.28. The molecule has 1 unspecified atom stereocenters. The molecule has 0 saturated heterocycles. The molecule has 2 nitrogen and oxygen atoms in total. The second-order valence-corrected chi connectivity index (χ2v) is 4.27. The van der Waals surface area contributed by atoms with Gasteiger partial charge in [-0.3, -0.25) is 0 Å². The summed E-state index contributed by atoms with van der Waals surface area (Å²) in [5.74, 6) is 0.170. The Labute approximate surface area is 103 Å². The number of hydrogen-bond acceptors (Lipinski definition) is 2. The summed E-state index contributed by atoms with van der Waals surface area (Å²) < 4.78 is 40.8. The third-order valence-corrected chi connectivity index (χ3v) is 2.19. The molecule has 0 aliphatic heterocycles. The van der Waals surface area contributed by atoms with Crippen molar-refractivity contribution in [2.75, 3.05) is 6.61 Å². The first kappa shape index (κ1) is 14.1. The monoisotopic (exact) mass is 267 g/mol. The molecular weight excluding hydrogens is 255 g/mol. The second kappa shape index (κ2) is 5.60. The van der Waals surface area contributed by atoms with Gasteiger partial charge in [-0.2, -0.15) is 13.2 Å². The molecule has 1 atom stereocenters. The predicted molar refractivity (Wildman–Crippen MR) is 60.4 cm³/mol. The van der Waals surface area contributed by atoms with Crippen molar-refractivity contribution in [1.82, 2.24) is 0 Å². The number of benzene rings is 1. The van der Waals surface area contributed by atoms with Gasteiger partial charge in [0.2, 0.25) is 0 Å². The Morgan fingerprint density at radius 3 is 2.59 bits per heavy atom. The van der Waals surface area contributed by atoms with Gasteiger partial charge in [-0.1, -0.05) is 11.6 Å². The zero-order chi connectivity index (χ0) is 13.1. The molecule has 0 heterocycles. The normalized spacial score (nSPS) is 13.5. The van der Waals surface area contributed by atoms with Crippen LogP contribution in [0, 0.1) is 0 Å². The van der Waals surface area contributed by atoms with E-state index in [1.54, 1.807) is 13.0 Å². The summed E-state index contributed by atoms with van der Waals surface area (Å²) in [6.45, 7) is 0.440. The Hall–Kier alpha value is -0.940. The van der Waals surface area contributed by atoms with Crippen LogP contribution >= 0.6 is 11.6 Å². The molecule has 2 N–H and O–H groups in total. The maximum atomic E-state index is 12.0. The smallest absolute Gasteiger partial charge is 0.422 e. The van der Waals surface area contributed by atoms with E-state index in [4.69, 9.17) is 22.1 Å². The summed E-state index contributed by atoms with van der Waals surface area (Å²) >= 11 is 5.77. The fourth-order valence-electron chi connectivity index (χ4n) is 1.35. The van der Waals surface area contributed by atoms with Gasteiger partial charge in [-0.15, -0.1) is 0 Å². The van der Waals surface area contributed by atoms with E-state index in [0.717, 1.165) is 0 Å². The highest BCUT2D eigenvalue weighted by atomic mass is 35.5. The SMILES string of the molecule is CC(N)Cc1cc(Cl)ccc1OCC(F)(F)F. The van der Waals surface area contributed by atoms with Crippen molar-refractivity contribution in [3.63, 3.8) is 0 Å². The molecule has 1 rings (SSSR count). The standard InChI is InChI=1S/C11H13ClF3NO/c1-7(16)4-8-5-9(12)2-3-10(8)17-6-11(13,14)15/h2-3,5,7H,4,6,16H2,1H3. The first-order chi connectivity index (χ1) is 7.78. The highest BCUT2D eigenvalue weighted by Crippen LogP contribution is 2.26. The molecule has 0 aliphatic carbocycles. The molecule has 0 saturated carbocycles. The van der Waals surface area contributed by atoms with Crippen LogP contribution < -0.4 is 10.5 Å². The molecule has 0 amide bonds. The summed E-state index contributed by atoms with van der Waals surface area (Å²) in [5.41, 5.74) is 6.18. The lowest BCUT2D eigenvalue weighted by atomic mass is 10.1. The minimum absolute atomic E-state index is 0.170. The van der Waals surface area contributed by atoms with Crippen molar-refractivity contribution in [3.8, 4) is 5.75 Å². The van der Waals surface area contributed by atoms with Crippen LogP contribution in [-0.4, -0.2) is 18.8 Å². The average molecular weight is 268 g/mol.